The van der Waals surface area contributed by atoms with Gasteiger partial charge in [0, 0.05) is 91.5 Å². The molecule has 0 radical (unpaired) electrons. The van der Waals surface area contributed by atoms with Gasteiger partial charge in [0.1, 0.15) is 27.1 Å². The number of benzene rings is 4. The fourth-order valence-corrected chi connectivity index (χ4v) is 11.3. The molecule has 0 aliphatic carbocycles. The van der Waals surface area contributed by atoms with Gasteiger partial charge in [0.25, 0.3) is 0 Å². The van der Waals surface area contributed by atoms with Crippen molar-refractivity contribution >= 4 is 86.9 Å². The van der Waals surface area contributed by atoms with Crippen molar-refractivity contribution in [2.24, 2.45) is 0 Å². The molecule has 6 bridgehead atoms. The van der Waals surface area contributed by atoms with Gasteiger partial charge in [0.2, 0.25) is 15.9 Å². The first-order valence-corrected chi connectivity index (χ1v) is 28.4. The normalized spacial score (nSPS) is 21.2. The van der Waals surface area contributed by atoms with Crippen LogP contribution in [-0.2, 0) is 14.2 Å². The topological polar surface area (TPSA) is 175 Å². The quantitative estimate of drug-likeness (QED) is 0.0913. The molecule has 15 nitrogen and oxygen atoms in total. The van der Waals surface area contributed by atoms with E-state index in [-0.39, 0.29) is 20.9 Å². The summed E-state index contributed by atoms with van der Waals surface area (Å²) < 4.78 is 17.4. The van der Waals surface area contributed by atoms with Crippen molar-refractivity contribution < 1.29 is 14.2 Å². The monoisotopic (exact) mass is 1180 g/mol. The van der Waals surface area contributed by atoms with Gasteiger partial charge in [0.05, 0.1) is 53.7 Å². The van der Waals surface area contributed by atoms with Gasteiger partial charge in [-0.1, -0.05) is 126 Å². The van der Waals surface area contributed by atoms with E-state index in [4.69, 9.17) is 99.5 Å². The second kappa shape index (κ2) is 27.1. The Morgan fingerprint density at radius 2 is 0.747 bits per heavy atom. The summed E-state index contributed by atoms with van der Waals surface area (Å²) in [6, 6.07) is 45.0. The van der Waals surface area contributed by atoms with Crippen molar-refractivity contribution in [2.75, 3.05) is 54.8 Å². The van der Waals surface area contributed by atoms with Gasteiger partial charge in [-0.3, -0.25) is 0 Å². The van der Waals surface area contributed by atoms with Crippen molar-refractivity contribution in [3.8, 4) is 45.2 Å². The first-order valence-electron chi connectivity index (χ1n) is 26.1. The highest BCUT2D eigenvalue weighted by Crippen LogP contribution is 2.34. The minimum absolute atomic E-state index is 0.0625. The highest BCUT2D eigenvalue weighted by atomic mass is 35.5. The number of aromatic nitrogens is 8. The number of morpholine rings is 3. The van der Waals surface area contributed by atoms with Gasteiger partial charge in [-0.2, -0.15) is 0 Å². The van der Waals surface area contributed by atoms with Gasteiger partial charge in [-0.25, -0.2) is 39.9 Å². The maximum absolute atomic E-state index is 6.13. The van der Waals surface area contributed by atoms with Crippen LogP contribution >= 0.6 is 69.6 Å². The molecule has 14 rings (SSSR count). The van der Waals surface area contributed by atoms with Gasteiger partial charge in [-0.05, 0) is 97.6 Å². The molecule has 6 fully saturated rings. The van der Waals surface area contributed by atoms with Crippen LogP contribution in [0.15, 0.2) is 140 Å². The summed E-state index contributed by atoms with van der Waals surface area (Å²) in [5.74, 6) is 2.59. The Morgan fingerprint density at radius 3 is 1.18 bits per heavy atom. The molecule has 408 valence electrons. The number of rotatable bonds is 6. The third-order valence-electron chi connectivity index (χ3n) is 13.8. The molecule has 10 heterocycles. The van der Waals surface area contributed by atoms with Gasteiger partial charge in [0.15, 0.2) is 5.82 Å². The number of ether oxygens (including phenoxy) is 3. The van der Waals surface area contributed by atoms with E-state index < -0.39 is 0 Å². The van der Waals surface area contributed by atoms with Crippen molar-refractivity contribution in [2.45, 2.75) is 75.1 Å². The Morgan fingerprint density at radius 1 is 0.380 bits per heavy atom. The number of nitrogens with zero attached hydrogens (tertiary/aromatic N) is 10. The van der Waals surface area contributed by atoms with E-state index in [0.29, 0.717) is 47.1 Å². The van der Waals surface area contributed by atoms with Crippen LogP contribution in [0, 0.1) is 0 Å². The Balaban J connectivity index is 0.000000120. The molecule has 4 aromatic carbocycles. The van der Waals surface area contributed by atoms with Crippen LogP contribution in [-0.4, -0.2) is 116 Å². The lowest BCUT2D eigenvalue weighted by Gasteiger charge is -2.33. The minimum atomic E-state index is 0.0625. The number of nitrogens with one attached hydrogen (secondary N) is 1. The molecule has 6 atom stereocenters. The van der Waals surface area contributed by atoms with Crippen LogP contribution in [0.5, 0.6) is 0 Å². The zero-order valence-electron chi connectivity index (χ0n) is 42.8. The molecule has 4 aromatic heterocycles. The smallest absolute Gasteiger partial charge is 0.225 e. The van der Waals surface area contributed by atoms with E-state index in [1.54, 1.807) is 6.07 Å². The number of nitrogen functional groups attached to an aromatic ring is 1. The molecule has 0 spiro atoms. The van der Waals surface area contributed by atoms with Crippen molar-refractivity contribution in [1.82, 2.24) is 45.2 Å². The van der Waals surface area contributed by atoms with E-state index >= 15 is 0 Å². The van der Waals surface area contributed by atoms with Gasteiger partial charge >= 0.3 is 0 Å². The van der Waals surface area contributed by atoms with E-state index in [1.807, 2.05) is 109 Å². The van der Waals surface area contributed by atoms with E-state index in [1.165, 1.54) is 18.9 Å². The molecule has 21 heteroatoms. The SMILES string of the molecule is C1CC2CNCC1O2.Clc1cc(-c2ccccc2)nc(Cl)n1.Clc1cc(Cl)nc(Cl)n1.Clc1nc(-c2ccccc2)cc(N2CC3CCC(C2)O3)n1.Nc1ccc(-c2nc(-c3ccccc3)cc(N3CC4CCC(C3)O4)n2)cc1. The van der Waals surface area contributed by atoms with Gasteiger partial charge in [-0.15, -0.1) is 0 Å². The summed E-state index contributed by atoms with van der Waals surface area (Å²) >= 11 is 33.8. The lowest BCUT2D eigenvalue weighted by molar-refractivity contribution is 0.0184. The first kappa shape index (κ1) is 56.5. The highest BCUT2D eigenvalue weighted by molar-refractivity contribution is 6.35. The Labute approximate surface area is 489 Å². The number of halogens is 6. The zero-order chi connectivity index (χ0) is 54.7. The zero-order valence-corrected chi connectivity index (χ0v) is 47.3. The maximum atomic E-state index is 6.13. The molecule has 8 aromatic rings. The summed E-state index contributed by atoms with van der Waals surface area (Å²) in [5, 5.41) is 4.69. The van der Waals surface area contributed by atoms with Crippen molar-refractivity contribution in [1.29, 1.82) is 0 Å². The van der Waals surface area contributed by atoms with Crippen molar-refractivity contribution in [3.05, 3.63) is 171 Å². The fourth-order valence-electron chi connectivity index (χ4n) is 10.0. The predicted molar refractivity (Wildman–Crippen MR) is 315 cm³/mol. The molecular formula is C58H56Cl6N12O3. The molecule has 79 heavy (non-hydrogen) atoms. The standard InChI is InChI=1S/C22H22N4O.C16H16ClN3O.C10H6Cl2N2.C6H11NO.C4HCl3N2/c23-17-8-6-16(7-9-17)22-24-20(15-4-2-1-3-5-15)12-21(25-22)26-13-18-10-11-19(14-26)27-18;17-16-18-14(11-4-2-1-3-5-11)8-15(19-16)20-9-12-6-7-13(10-20)21-12;11-9-6-8(13-10(12)14-9)7-4-2-1-3-5-7;1-2-6-4-7-3-5(1)8-6;5-2-1-3(6)9-4(7)8-2/h1-9,12,18-19H,10-11,13-14,23H2;1-5,8,12-13H,6-7,9-10H2;1-6H;5-7H,1-4H2;1H. The summed E-state index contributed by atoms with van der Waals surface area (Å²) in [5.41, 5.74) is 13.2. The molecule has 3 N–H and O–H groups in total. The largest absolute Gasteiger partial charge is 0.399 e. The molecule has 0 amide bonds. The molecular weight excluding hydrogens is 1130 g/mol. The van der Waals surface area contributed by atoms with Crippen LogP contribution in [0.2, 0.25) is 31.3 Å². The lowest BCUT2D eigenvalue weighted by atomic mass is 10.1. The molecule has 0 saturated carbocycles. The first-order chi connectivity index (χ1) is 38.4. The average molecular weight is 1180 g/mol. The number of hydrogen-bond donors (Lipinski definition) is 2. The van der Waals surface area contributed by atoms with E-state index in [0.717, 1.165) is 127 Å². The number of anilines is 3. The number of fused-ring (bicyclic) bond motifs is 6. The van der Waals surface area contributed by atoms with E-state index in [2.05, 4.69) is 63.2 Å². The lowest BCUT2D eigenvalue weighted by Crippen LogP contribution is -2.43. The number of nitrogens with two attached hydrogens (primary N) is 1. The molecule has 6 saturated heterocycles. The highest BCUT2D eigenvalue weighted by Gasteiger charge is 2.36. The second-order valence-electron chi connectivity index (χ2n) is 19.5. The average Bonchev–Trinajstić information content (AvgIpc) is 4.18. The summed E-state index contributed by atoms with van der Waals surface area (Å²) in [7, 11) is 0. The second-order valence-corrected chi connectivity index (χ2v) is 21.7. The van der Waals surface area contributed by atoms with Crippen LogP contribution in [0.25, 0.3) is 45.2 Å². The van der Waals surface area contributed by atoms with E-state index in [9.17, 15) is 0 Å². The maximum Gasteiger partial charge on any atom is 0.225 e. The third kappa shape index (κ3) is 16.0. The molecule has 6 aliphatic heterocycles. The Kier molecular flexibility index (Phi) is 19.4. The summed E-state index contributed by atoms with van der Waals surface area (Å²) in [6.45, 7) is 5.72. The summed E-state index contributed by atoms with van der Waals surface area (Å²) in [6.07, 6.45) is 9.52. The predicted octanol–water partition coefficient (Wildman–Crippen LogP) is 12.9. The van der Waals surface area contributed by atoms with Crippen LogP contribution in [0.1, 0.15) is 38.5 Å². The van der Waals surface area contributed by atoms with Crippen LogP contribution in [0.3, 0.4) is 0 Å². The fraction of sp³-hybridized carbons (Fsp3) is 0.310. The molecule has 6 unspecified atom stereocenters. The minimum Gasteiger partial charge on any atom is -0.399 e. The van der Waals surface area contributed by atoms with Crippen LogP contribution in [0.4, 0.5) is 17.3 Å². The van der Waals surface area contributed by atoms with Gasteiger partial charge < -0.3 is 35.1 Å². The Hall–Kier alpha value is -5.82. The Bertz CT molecular complexity index is 3160. The molecule has 6 aliphatic rings. The summed E-state index contributed by atoms with van der Waals surface area (Å²) in [4.78, 5) is 38.1. The number of hydrogen-bond acceptors (Lipinski definition) is 15. The van der Waals surface area contributed by atoms with Crippen LogP contribution < -0.4 is 20.9 Å². The third-order valence-corrected chi connectivity index (χ3v) is 14.8. The van der Waals surface area contributed by atoms with Crippen molar-refractivity contribution in [3.63, 3.8) is 0 Å².